The number of halogens is 4. The molecule has 2 heterocycles. The summed E-state index contributed by atoms with van der Waals surface area (Å²) in [7, 11) is 0. The lowest BCUT2D eigenvalue weighted by atomic mass is 9.80. The Balaban J connectivity index is 2.22. The highest BCUT2D eigenvalue weighted by Crippen LogP contribution is 2.55. The van der Waals surface area contributed by atoms with E-state index in [1.54, 1.807) is 0 Å². The molecular weight excluding hydrogens is 358 g/mol. The minimum absolute atomic E-state index is 0.117. The Morgan fingerprint density at radius 3 is 2.69 bits per heavy atom. The number of nitrogens with zero attached hydrogens (tertiary/aromatic N) is 2. The van der Waals surface area contributed by atoms with Gasteiger partial charge in [0.1, 0.15) is 12.4 Å². The van der Waals surface area contributed by atoms with Crippen LogP contribution in [0.4, 0.5) is 23.4 Å². The highest BCUT2D eigenvalue weighted by Gasteiger charge is 2.63. The number of hydrogen-bond acceptors (Lipinski definition) is 4. The van der Waals surface area contributed by atoms with Crippen molar-refractivity contribution in [1.29, 1.82) is 0 Å². The molecule has 1 aromatic heterocycles. The van der Waals surface area contributed by atoms with Gasteiger partial charge in [-0.3, -0.25) is 14.5 Å². The fourth-order valence-corrected chi connectivity index (χ4v) is 3.85. The molecule has 0 aromatic carbocycles. The summed E-state index contributed by atoms with van der Waals surface area (Å²) in [4.78, 5) is 28.9. The van der Waals surface area contributed by atoms with Crippen LogP contribution in [0.25, 0.3) is 0 Å². The maximum atomic E-state index is 14.7. The van der Waals surface area contributed by atoms with Gasteiger partial charge < -0.3 is 10.5 Å². The van der Waals surface area contributed by atoms with E-state index < -0.39 is 65.8 Å². The Morgan fingerprint density at radius 2 is 2.15 bits per heavy atom. The molecule has 0 radical (unpaired) electrons. The summed E-state index contributed by atoms with van der Waals surface area (Å²) in [6.45, 7) is 0.735. The summed E-state index contributed by atoms with van der Waals surface area (Å²) in [6.07, 6.45) is -0.799. The molecule has 0 bridgehead atoms. The molecule has 0 spiro atoms. The molecular formula is C16H17F4N3O3. The zero-order valence-corrected chi connectivity index (χ0v) is 13.9. The Morgan fingerprint density at radius 1 is 1.46 bits per heavy atom. The van der Waals surface area contributed by atoms with Gasteiger partial charge in [0.2, 0.25) is 11.8 Å². The average Bonchev–Trinajstić information content (AvgIpc) is 3.02. The molecule has 0 unspecified atom stereocenters. The van der Waals surface area contributed by atoms with Gasteiger partial charge in [-0.25, -0.2) is 22.5 Å². The average molecular weight is 375 g/mol. The third-order valence-electron chi connectivity index (χ3n) is 4.81. The van der Waals surface area contributed by atoms with Gasteiger partial charge >= 0.3 is 0 Å². The second kappa shape index (κ2) is 6.19. The monoisotopic (exact) mass is 375 g/mol. The Labute approximate surface area is 146 Å². The summed E-state index contributed by atoms with van der Waals surface area (Å²) in [5, 5.41) is 0. The van der Waals surface area contributed by atoms with Crippen LogP contribution in [0.3, 0.4) is 0 Å². The number of carbonyl (C=O) groups is 2. The second-order valence-electron chi connectivity index (χ2n) is 6.44. The molecule has 26 heavy (non-hydrogen) atoms. The second-order valence-corrected chi connectivity index (χ2v) is 6.44. The first-order valence-corrected chi connectivity index (χ1v) is 8.10. The van der Waals surface area contributed by atoms with Crippen LogP contribution in [0, 0.1) is 17.6 Å². The number of fused-ring (bicyclic) bond motifs is 1. The lowest BCUT2D eigenvalue weighted by Gasteiger charge is -2.34. The lowest BCUT2D eigenvalue weighted by Crippen LogP contribution is -2.49. The van der Waals surface area contributed by atoms with Crippen molar-refractivity contribution in [3.05, 3.63) is 23.4 Å². The molecule has 1 aromatic rings. The first-order valence-electron chi connectivity index (χ1n) is 8.10. The van der Waals surface area contributed by atoms with Gasteiger partial charge in [0.15, 0.2) is 17.2 Å². The molecule has 2 atom stereocenters. The van der Waals surface area contributed by atoms with Crippen molar-refractivity contribution in [2.75, 3.05) is 18.1 Å². The molecule has 10 heteroatoms. The van der Waals surface area contributed by atoms with E-state index in [1.807, 2.05) is 0 Å². The zero-order chi connectivity index (χ0) is 19.3. The number of ether oxygens (including phenoxy) is 1. The van der Waals surface area contributed by atoms with Crippen LogP contribution in [0.5, 0.6) is 0 Å². The molecule has 6 nitrogen and oxygen atoms in total. The van der Waals surface area contributed by atoms with Crippen molar-refractivity contribution < 1.29 is 31.9 Å². The predicted molar refractivity (Wildman–Crippen MR) is 81.3 cm³/mol. The number of anilines is 1. The van der Waals surface area contributed by atoms with Crippen LogP contribution in [-0.4, -0.2) is 35.9 Å². The number of carbonyl (C=O) groups excluding carboxylic acids is 2. The predicted octanol–water partition coefficient (Wildman–Crippen LogP) is 1.86. The summed E-state index contributed by atoms with van der Waals surface area (Å²) >= 11 is 0. The number of pyridine rings is 1. The number of rotatable bonds is 5. The number of amides is 2. The number of hydrogen-bond donors (Lipinski definition) is 1. The number of alkyl halides is 2. The smallest absolute Gasteiger partial charge is 0.266 e. The molecule has 1 fully saturated rings. The third kappa shape index (κ3) is 2.63. The van der Waals surface area contributed by atoms with Crippen LogP contribution in [0.15, 0.2) is 6.20 Å². The van der Waals surface area contributed by atoms with Crippen molar-refractivity contribution in [3.63, 3.8) is 0 Å². The first kappa shape index (κ1) is 18.6. The fourth-order valence-electron chi connectivity index (χ4n) is 3.85. The topological polar surface area (TPSA) is 85.5 Å². The van der Waals surface area contributed by atoms with E-state index in [0.29, 0.717) is 6.20 Å². The normalized spacial score (nSPS) is 27.0. The van der Waals surface area contributed by atoms with Crippen molar-refractivity contribution in [2.45, 2.75) is 37.7 Å². The van der Waals surface area contributed by atoms with Gasteiger partial charge in [0.05, 0.1) is 11.8 Å². The first-order chi connectivity index (χ1) is 12.1. The molecule has 2 N–H and O–H groups in total. The van der Waals surface area contributed by atoms with E-state index in [1.165, 1.54) is 6.92 Å². The summed E-state index contributed by atoms with van der Waals surface area (Å²) in [5.41, 5.74) is 2.41. The van der Waals surface area contributed by atoms with Crippen LogP contribution in [0.2, 0.25) is 0 Å². The van der Waals surface area contributed by atoms with Gasteiger partial charge in [-0.15, -0.1) is 0 Å². The van der Waals surface area contributed by atoms with Crippen molar-refractivity contribution >= 4 is 17.6 Å². The molecule has 1 saturated carbocycles. The van der Waals surface area contributed by atoms with Gasteiger partial charge in [-0.05, 0) is 13.3 Å². The summed E-state index contributed by atoms with van der Waals surface area (Å²) < 4.78 is 61.7. The Bertz CT molecular complexity index is 773. The van der Waals surface area contributed by atoms with E-state index in [-0.39, 0.29) is 18.8 Å². The van der Waals surface area contributed by atoms with Crippen LogP contribution >= 0.6 is 0 Å². The minimum Gasteiger partial charge on any atom is -0.368 e. The maximum absolute atomic E-state index is 14.7. The maximum Gasteiger partial charge on any atom is 0.266 e. The van der Waals surface area contributed by atoms with Crippen molar-refractivity contribution in [1.82, 2.24) is 4.98 Å². The van der Waals surface area contributed by atoms with E-state index in [9.17, 15) is 27.2 Å². The Kier molecular flexibility index (Phi) is 4.41. The number of nitrogens with two attached hydrogens (primary N) is 1. The lowest BCUT2D eigenvalue weighted by molar-refractivity contribution is -0.154. The van der Waals surface area contributed by atoms with Gasteiger partial charge in [-0.1, -0.05) is 0 Å². The standard InChI is InChI=1S/C16H17F4N3O3/c1-2-26-16(8-3-4-15(19,20)5-8)11-12(18)9(17)6-22-13(11)23(14(16)25)7-10(21)24/h6,8H,2-5,7H2,1H3,(H2,21,24)/t8-,16-/m0/s1. The number of primary amides is 1. The van der Waals surface area contributed by atoms with Crippen LogP contribution in [0.1, 0.15) is 31.7 Å². The molecule has 2 aliphatic rings. The molecule has 2 amide bonds. The quantitative estimate of drug-likeness (QED) is 0.796. The molecule has 3 rings (SSSR count). The van der Waals surface area contributed by atoms with E-state index >= 15 is 0 Å². The van der Waals surface area contributed by atoms with Crippen molar-refractivity contribution in [2.24, 2.45) is 11.7 Å². The highest BCUT2D eigenvalue weighted by atomic mass is 19.3. The highest BCUT2D eigenvalue weighted by molar-refractivity contribution is 6.09. The van der Waals surface area contributed by atoms with Crippen molar-refractivity contribution in [3.8, 4) is 0 Å². The third-order valence-corrected chi connectivity index (χ3v) is 4.81. The van der Waals surface area contributed by atoms with Gasteiger partial charge in [0, 0.05) is 25.4 Å². The SMILES string of the molecule is CCO[C@]1([C@H]2CCC(F)(F)C2)C(=O)N(CC(N)=O)c2ncc(F)c(F)c21. The Hall–Kier alpha value is -2.23. The molecule has 142 valence electrons. The van der Waals surface area contributed by atoms with E-state index in [4.69, 9.17) is 10.5 Å². The van der Waals surface area contributed by atoms with Gasteiger partial charge in [-0.2, -0.15) is 0 Å². The minimum atomic E-state index is -3.05. The van der Waals surface area contributed by atoms with E-state index in [2.05, 4.69) is 4.98 Å². The molecule has 1 aliphatic carbocycles. The van der Waals surface area contributed by atoms with Crippen LogP contribution < -0.4 is 10.6 Å². The van der Waals surface area contributed by atoms with Crippen LogP contribution in [-0.2, 0) is 19.9 Å². The molecule has 0 saturated heterocycles. The van der Waals surface area contributed by atoms with E-state index in [0.717, 1.165) is 4.90 Å². The summed E-state index contributed by atoms with van der Waals surface area (Å²) in [5.74, 6) is -9.09. The van der Waals surface area contributed by atoms with Gasteiger partial charge in [0.25, 0.3) is 5.91 Å². The number of aromatic nitrogens is 1. The largest absolute Gasteiger partial charge is 0.368 e. The fraction of sp³-hybridized carbons (Fsp3) is 0.562. The molecule has 1 aliphatic heterocycles. The zero-order valence-electron chi connectivity index (χ0n) is 13.9. The summed E-state index contributed by atoms with van der Waals surface area (Å²) in [6, 6.07) is 0.